The van der Waals surface area contributed by atoms with Crippen LogP contribution in [-0.2, 0) is 6.18 Å². The molecular formula is C8H7F7N4O. The van der Waals surface area contributed by atoms with Crippen molar-refractivity contribution in [3.8, 4) is 5.88 Å². The van der Waals surface area contributed by atoms with Crippen LogP contribution in [0, 0.1) is 0 Å². The van der Waals surface area contributed by atoms with E-state index in [-0.39, 0.29) is 0 Å². The van der Waals surface area contributed by atoms with E-state index in [9.17, 15) is 30.7 Å². The molecule has 0 saturated carbocycles. The summed E-state index contributed by atoms with van der Waals surface area (Å²) in [7, 11) is 0. The van der Waals surface area contributed by atoms with Crippen LogP contribution in [0.5, 0.6) is 5.88 Å². The molecule has 0 saturated heterocycles. The Labute approximate surface area is 106 Å². The lowest BCUT2D eigenvalue weighted by molar-refractivity contribution is -0.151. The zero-order chi connectivity index (χ0) is 15.6. The Morgan fingerprint density at radius 1 is 1.20 bits per heavy atom. The number of alkyl halides is 7. The number of nitrogens with one attached hydrogen (secondary N) is 1. The molecule has 114 valence electrons. The average molecular weight is 308 g/mol. The van der Waals surface area contributed by atoms with Crippen LogP contribution < -0.4 is 16.0 Å². The maximum atomic E-state index is 12.6. The number of rotatable bonds is 5. The topological polar surface area (TPSA) is 73.1 Å². The Morgan fingerprint density at radius 2 is 1.80 bits per heavy atom. The molecule has 5 nitrogen and oxygen atoms in total. The van der Waals surface area contributed by atoms with E-state index in [4.69, 9.17) is 5.84 Å². The molecule has 3 N–H and O–H groups in total. The number of anilines is 1. The zero-order valence-electron chi connectivity index (χ0n) is 9.39. The van der Waals surface area contributed by atoms with Crippen LogP contribution in [0.2, 0.25) is 0 Å². The second-order valence-electron chi connectivity index (χ2n) is 3.41. The molecule has 0 bridgehead atoms. The van der Waals surface area contributed by atoms with E-state index >= 15 is 0 Å². The molecule has 0 atom stereocenters. The van der Waals surface area contributed by atoms with Crippen LogP contribution in [0.3, 0.4) is 0 Å². The van der Waals surface area contributed by atoms with Gasteiger partial charge in [-0.2, -0.15) is 26.9 Å². The Hall–Kier alpha value is -1.85. The predicted molar refractivity (Wildman–Crippen MR) is 51.3 cm³/mol. The zero-order valence-corrected chi connectivity index (χ0v) is 9.39. The Balaban J connectivity index is 2.96. The molecule has 0 unspecified atom stereocenters. The second kappa shape index (κ2) is 5.64. The van der Waals surface area contributed by atoms with Crippen molar-refractivity contribution in [3.05, 3.63) is 11.9 Å². The summed E-state index contributed by atoms with van der Waals surface area (Å²) >= 11 is 0. The van der Waals surface area contributed by atoms with Gasteiger partial charge in [-0.05, 0) is 0 Å². The highest BCUT2D eigenvalue weighted by Crippen LogP contribution is 2.29. The van der Waals surface area contributed by atoms with E-state index in [0.717, 1.165) is 0 Å². The molecule has 0 fully saturated rings. The lowest BCUT2D eigenvalue weighted by Gasteiger charge is -2.16. The van der Waals surface area contributed by atoms with E-state index < -0.39 is 42.7 Å². The molecule has 0 amide bonds. The van der Waals surface area contributed by atoms with E-state index in [1.165, 1.54) is 0 Å². The highest BCUT2D eigenvalue weighted by molar-refractivity contribution is 5.37. The van der Waals surface area contributed by atoms with Crippen molar-refractivity contribution in [1.82, 2.24) is 9.97 Å². The molecule has 0 aliphatic rings. The number of nitrogen functional groups attached to an aromatic ring is 1. The summed E-state index contributed by atoms with van der Waals surface area (Å²) < 4.78 is 90.1. The minimum atomic E-state index is -4.99. The summed E-state index contributed by atoms with van der Waals surface area (Å²) in [5, 5.41) is 0. The number of ether oxygens (including phenoxy) is 1. The van der Waals surface area contributed by atoms with Crippen LogP contribution >= 0.6 is 0 Å². The fraction of sp³-hybridized carbons (Fsp3) is 0.500. The van der Waals surface area contributed by atoms with Gasteiger partial charge in [0.25, 0.3) is 0 Å². The molecule has 0 aliphatic heterocycles. The molecule has 1 rings (SSSR count). The molecule has 0 radical (unpaired) electrons. The van der Waals surface area contributed by atoms with Crippen molar-refractivity contribution >= 4 is 5.82 Å². The summed E-state index contributed by atoms with van der Waals surface area (Å²) in [6, 6.07) is 0.650. The van der Waals surface area contributed by atoms with Gasteiger partial charge in [0, 0.05) is 6.07 Å². The second-order valence-corrected chi connectivity index (χ2v) is 3.41. The fourth-order valence-corrected chi connectivity index (χ4v) is 0.933. The highest BCUT2D eigenvalue weighted by atomic mass is 19.4. The van der Waals surface area contributed by atoms with E-state index in [1.807, 2.05) is 0 Å². The van der Waals surface area contributed by atoms with Crippen LogP contribution in [0.15, 0.2) is 6.07 Å². The monoisotopic (exact) mass is 308 g/mol. The van der Waals surface area contributed by atoms with Gasteiger partial charge in [-0.15, -0.1) is 0 Å². The van der Waals surface area contributed by atoms with Gasteiger partial charge in [0.05, 0.1) is 0 Å². The van der Waals surface area contributed by atoms with E-state index in [0.29, 0.717) is 6.07 Å². The predicted octanol–water partition coefficient (Wildman–Crippen LogP) is 2.06. The third-order valence-corrected chi connectivity index (χ3v) is 1.84. The highest BCUT2D eigenvalue weighted by Gasteiger charge is 2.42. The number of halogens is 7. The number of aromatic nitrogens is 2. The Morgan fingerprint density at radius 3 is 2.25 bits per heavy atom. The Kier molecular flexibility index (Phi) is 4.57. The van der Waals surface area contributed by atoms with Crippen molar-refractivity contribution in [2.75, 3.05) is 12.0 Å². The molecule has 0 spiro atoms. The van der Waals surface area contributed by atoms with Gasteiger partial charge in [-0.3, -0.25) is 0 Å². The van der Waals surface area contributed by atoms with Crippen molar-refractivity contribution in [2.24, 2.45) is 5.84 Å². The molecule has 0 aliphatic carbocycles. The molecule has 20 heavy (non-hydrogen) atoms. The van der Waals surface area contributed by atoms with Crippen molar-refractivity contribution in [2.45, 2.75) is 18.5 Å². The maximum absolute atomic E-state index is 12.6. The van der Waals surface area contributed by atoms with Gasteiger partial charge in [0.2, 0.25) is 11.7 Å². The lowest BCUT2D eigenvalue weighted by Crippen LogP contribution is -2.34. The minimum absolute atomic E-state index is 0.581. The van der Waals surface area contributed by atoms with Crippen molar-refractivity contribution < 1.29 is 35.5 Å². The fourth-order valence-electron chi connectivity index (χ4n) is 0.933. The molecule has 1 aromatic heterocycles. The van der Waals surface area contributed by atoms with Crippen molar-refractivity contribution in [1.29, 1.82) is 0 Å². The third kappa shape index (κ3) is 4.08. The van der Waals surface area contributed by atoms with Gasteiger partial charge in [-0.25, -0.2) is 19.6 Å². The number of nitrogens with two attached hydrogens (primary N) is 1. The first kappa shape index (κ1) is 16.2. The SMILES string of the molecule is NNc1cc(OCC(F)(F)C(F)F)nc(C(F)(F)F)n1. The van der Waals surface area contributed by atoms with Gasteiger partial charge in [-0.1, -0.05) is 0 Å². The largest absolute Gasteiger partial charge is 0.471 e. The van der Waals surface area contributed by atoms with E-state index in [2.05, 4.69) is 14.7 Å². The van der Waals surface area contributed by atoms with Crippen LogP contribution in [0.1, 0.15) is 5.82 Å². The minimum Gasteiger partial charge on any atom is -0.471 e. The Bertz CT molecular complexity index is 465. The number of hydrogen-bond donors (Lipinski definition) is 2. The van der Waals surface area contributed by atoms with Gasteiger partial charge in [0.15, 0.2) is 6.61 Å². The summed E-state index contributed by atoms with van der Waals surface area (Å²) in [6.45, 7) is -1.84. The first-order chi connectivity index (χ1) is 9.06. The van der Waals surface area contributed by atoms with Crippen molar-refractivity contribution in [3.63, 3.8) is 0 Å². The summed E-state index contributed by atoms with van der Waals surface area (Å²) in [6.07, 6.45) is -9.02. The summed E-state index contributed by atoms with van der Waals surface area (Å²) in [5.74, 6) is -2.97. The first-order valence-corrected chi connectivity index (χ1v) is 4.78. The van der Waals surface area contributed by atoms with Gasteiger partial charge in [0.1, 0.15) is 5.82 Å². The van der Waals surface area contributed by atoms with Crippen LogP contribution in [0.4, 0.5) is 36.6 Å². The third-order valence-electron chi connectivity index (χ3n) is 1.84. The average Bonchev–Trinajstić information content (AvgIpc) is 2.34. The molecule has 0 aromatic carbocycles. The first-order valence-electron chi connectivity index (χ1n) is 4.78. The maximum Gasteiger partial charge on any atom is 0.451 e. The quantitative estimate of drug-likeness (QED) is 0.495. The normalized spacial score (nSPS) is 12.7. The standard InChI is InChI=1S/C8H7F7N4O/c9-5(10)7(11,12)2-20-4-1-3(19-16)17-6(18-4)8(13,14)15/h1,5H,2,16H2,(H,17,18,19). The van der Waals surface area contributed by atoms with Crippen LogP contribution in [0.25, 0.3) is 0 Å². The molecule has 1 heterocycles. The van der Waals surface area contributed by atoms with Crippen LogP contribution in [-0.4, -0.2) is 28.9 Å². The number of nitrogens with zero attached hydrogens (tertiary/aromatic N) is 2. The lowest BCUT2D eigenvalue weighted by atomic mass is 10.4. The molecule has 1 aromatic rings. The van der Waals surface area contributed by atoms with Gasteiger partial charge < -0.3 is 10.2 Å². The smallest absolute Gasteiger partial charge is 0.451 e. The van der Waals surface area contributed by atoms with Gasteiger partial charge >= 0.3 is 18.5 Å². The molecule has 12 heteroatoms. The summed E-state index contributed by atoms with van der Waals surface area (Å²) in [4.78, 5) is 5.70. The van der Waals surface area contributed by atoms with E-state index in [1.54, 1.807) is 5.43 Å². The molecular weight excluding hydrogens is 301 g/mol. The summed E-state index contributed by atoms with van der Waals surface area (Å²) in [5.41, 5.74) is 1.73. The number of hydrazine groups is 1. The number of hydrogen-bond acceptors (Lipinski definition) is 5.